The van der Waals surface area contributed by atoms with Crippen LogP contribution in [0.25, 0.3) is 0 Å². The number of likely N-dealkylation sites (N-methyl/N-ethyl adjacent to an activating group) is 1. The zero-order valence-corrected chi connectivity index (χ0v) is 13.5. The molecule has 0 amide bonds. The Hall–Kier alpha value is -0.710. The molecule has 4 heteroatoms. The van der Waals surface area contributed by atoms with E-state index in [0.717, 1.165) is 17.9 Å². The highest BCUT2D eigenvalue weighted by Crippen LogP contribution is 2.18. The van der Waals surface area contributed by atoms with E-state index in [1.807, 2.05) is 18.4 Å². The maximum Gasteiger partial charge on any atom is 0.150 e. The fraction of sp³-hybridized carbons (Fsp3) is 0.688. The summed E-state index contributed by atoms with van der Waals surface area (Å²) in [7, 11) is 2.27. The van der Waals surface area contributed by atoms with Crippen LogP contribution in [0.1, 0.15) is 40.9 Å². The first kappa shape index (κ1) is 15.7. The molecule has 0 N–H and O–H groups in total. The first-order valence-electron chi connectivity index (χ1n) is 7.62. The highest BCUT2D eigenvalue weighted by molar-refractivity contribution is 7.10. The van der Waals surface area contributed by atoms with Crippen LogP contribution in [-0.4, -0.2) is 55.4 Å². The molecule has 3 nitrogen and oxygen atoms in total. The molecule has 20 heavy (non-hydrogen) atoms. The third-order valence-corrected chi connectivity index (χ3v) is 5.11. The molecule has 0 aromatic carbocycles. The van der Waals surface area contributed by atoms with E-state index in [4.69, 9.17) is 0 Å². The van der Waals surface area contributed by atoms with Crippen LogP contribution in [0.15, 0.2) is 11.4 Å². The lowest BCUT2D eigenvalue weighted by Gasteiger charge is -2.24. The number of rotatable bonds is 3. The van der Waals surface area contributed by atoms with E-state index in [0.29, 0.717) is 0 Å². The molecule has 112 valence electrons. The lowest BCUT2D eigenvalue weighted by atomic mass is 10.2. The summed E-state index contributed by atoms with van der Waals surface area (Å²) in [5, 5.41) is 1.85. The predicted molar refractivity (Wildman–Crippen MR) is 85.8 cm³/mol. The van der Waals surface area contributed by atoms with E-state index in [9.17, 15) is 4.79 Å². The molecule has 3 rings (SSSR count). The van der Waals surface area contributed by atoms with Crippen LogP contribution >= 0.6 is 11.3 Å². The van der Waals surface area contributed by atoms with Gasteiger partial charge < -0.3 is 9.80 Å². The van der Waals surface area contributed by atoms with Crippen LogP contribution in [-0.2, 0) is 0 Å². The molecule has 0 radical (unpaired) electrons. The second-order valence-corrected chi connectivity index (χ2v) is 7.01. The zero-order valence-electron chi connectivity index (χ0n) is 12.7. The molecule has 2 aliphatic heterocycles. The van der Waals surface area contributed by atoms with Crippen molar-refractivity contribution in [3.63, 3.8) is 0 Å². The second-order valence-electron chi connectivity index (χ2n) is 5.89. The maximum atomic E-state index is 10.0. The Morgan fingerprint density at radius 2 is 2.05 bits per heavy atom. The molecular formula is C16H26N2OS. The van der Waals surface area contributed by atoms with Crippen LogP contribution < -0.4 is 0 Å². The number of likely N-dealkylation sites (tertiary alicyclic amines) is 2. The fourth-order valence-corrected chi connectivity index (χ4v) is 3.65. The molecule has 1 atom stereocenters. The number of thiophene rings is 1. The van der Waals surface area contributed by atoms with Crippen molar-refractivity contribution in [3.05, 3.63) is 21.9 Å². The van der Waals surface area contributed by atoms with Gasteiger partial charge in [0.05, 0.1) is 0 Å². The van der Waals surface area contributed by atoms with Gasteiger partial charge in [0.1, 0.15) is 0 Å². The molecule has 2 aliphatic rings. The van der Waals surface area contributed by atoms with Gasteiger partial charge in [0.25, 0.3) is 0 Å². The van der Waals surface area contributed by atoms with E-state index >= 15 is 0 Å². The minimum Gasteiger partial charge on any atom is -0.302 e. The van der Waals surface area contributed by atoms with Crippen molar-refractivity contribution in [1.82, 2.24) is 9.80 Å². The van der Waals surface area contributed by atoms with E-state index in [-0.39, 0.29) is 0 Å². The topological polar surface area (TPSA) is 23.6 Å². The number of aryl methyl sites for hydroxylation is 1. The van der Waals surface area contributed by atoms with Crippen molar-refractivity contribution in [1.29, 1.82) is 0 Å². The van der Waals surface area contributed by atoms with Crippen molar-refractivity contribution >= 4 is 17.6 Å². The molecule has 0 bridgehead atoms. The van der Waals surface area contributed by atoms with E-state index in [2.05, 4.69) is 16.8 Å². The fourth-order valence-electron chi connectivity index (χ4n) is 3.00. The quantitative estimate of drug-likeness (QED) is 0.801. The third-order valence-electron chi connectivity index (χ3n) is 4.23. The SMILES string of the molecule is CN1CCCC1CN1CCCC1.Cc1cc(C=O)cs1. The van der Waals surface area contributed by atoms with Crippen LogP contribution in [0.2, 0.25) is 0 Å². The minimum absolute atomic E-state index is 0.785. The van der Waals surface area contributed by atoms with Crippen LogP contribution in [0.3, 0.4) is 0 Å². The van der Waals surface area contributed by atoms with Gasteiger partial charge in [-0.2, -0.15) is 0 Å². The summed E-state index contributed by atoms with van der Waals surface area (Å²) >= 11 is 1.60. The third kappa shape index (κ3) is 4.69. The summed E-state index contributed by atoms with van der Waals surface area (Å²) in [6.45, 7) is 7.33. The standard InChI is InChI=1S/C10H20N2.C6H6OS/c1-11-6-4-5-10(11)9-12-7-2-3-8-12;1-5-2-6(3-7)4-8-5/h10H,2-9H2,1H3;2-4H,1H3. The highest BCUT2D eigenvalue weighted by Gasteiger charge is 2.24. The zero-order chi connectivity index (χ0) is 14.4. The second kappa shape index (κ2) is 7.91. The Bertz CT molecular complexity index is 412. The molecule has 1 aromatic rings. The van der Waals surface area contributed by atoms with Gasteiger partial charge in [-0.25, -0.2) is 0 Å². The summed E-state index contributed by atoms with van der Waals surface area (Å²) < 4.78 is 0. The lowest BCUT2D eigenvalue weighted by molar-refractivity contribution is 0.112. The van der Waals surface area contributed by atoms with Crippen molar-refractivity contribution in [2.24, 2.45) is 0 Å². The highest BCUT2D eigenvalue weighted by atomic mass is 32.1. The Morgan fingerprint density at radius 1 is 1.30 bits per heavy atom. The number of carbonyl (C=O) groups excluding carboxylic acids is 1. The van der Waals surface area contributed by atoms with Gasteiger partial charge in [0.2, 0.25) is 0 Å². The van der Waals surface area contributed by atoms with Crippen LogP contribution in [0.5, 0.6) is 0 Å². The number of carbonyl (C=O) groups is 1. The first-order valence-corrected chi connectivity index (χ1v) is 8.50. The Balaban J connectivity index is 0.000000160. The largest absolute Gasteiger partial charge is 0.302 e. The Morgan fingerprint density at radius 3 is 2.50 bits per heavy atom. The van der Waals surface area contributed by atoms with E-state index in [1.165, 1.54) is 56.7 Å². The number of hydrogen-bond acceptors (Lipinski definition) is 4. The summed E-state index contributed by atoms with van der Waals surface area (Å²) in [6.07, 6.45) is 6.55. The number of aldehydes is 1. The average Bonchev–Trinajstić information content (AvgIpc) is 3.16. The van der Waals surface area contributed by atoms with Crippen LogP contribution in [0, 0.1) is 6.92 Å². The molecule has 0 saturated carbocycles. The van der Waals surface area contributed by atoms with Crippen molar-refractivity contribution in [3.8, 4) is 0 Å². The predicted octanol–water partition coefficient (Wildman–Crippen LogP) is 3.05. The Labute approximate surface area is 126 Å². The first-order chi connectivity index (χ1) is 9.69. The Kier molecular flexibility index (Phi) is 6.20. The molecule has 1 unspecified atom stereocenters. The monoisotopic (exact) mass is 294 g/mol. The summed E-state index contributed by atoms with van der Waals surface area (Å²) in [5.74, 6) is 0. The van der Waals surface area contributed by atoms with Gasteiger partial charge in [0.15, 0.2) is 6.29 Å². The van der Waals surface area contributed by atoms with Crippen molar-refractivity contribution in [2.75, 3.05) is 33.2 Å². The smallest absolute Gasteiger partial charge is 0.150 e. The van der Waals surface area contributed by atoms with Gasteiger partial charge in [-0.15, -0.1) is 11.3 Å². The van der Waals surface area contributed by atoms with Gasteiger partial charge in [-0.05, 0) is 65.4 Å². The van der Waals surface area contributed by atoms with E-state index in [1.54, 1.807) is 11.3 Å². The van der Waals surface area contributed by atoms with Gasteiger partial charge >= 0.3 is 0 Å². The minimum atomic E-state index is 0.785. The average molecular weight is 294 g/mol. The summed E-state index contributed by atoms with van der Waals surface area (Å²) in [5.41, 5.74) is 0.785. The molecule has 3 heterocycles. The molecule has 2 fully saturated rings. The molecular weight excluding hydrogens is 268 g/mol. The molecule has 1 aromatic heterocycles. The van der Waals surface area contributed by atoms with Crippen molar-refractivity contribution < 1.29 is 4.79 Å². The van der Waals surface area contributed by atoms with Crippen LogP contribution in [0.4, 0.5) is 0 Å². The van der Waals surface area contributed by atoms with E-state index < -0.39 is 0 Å². The maximum absolute atomic E-state index is 10.0. The number of hydrogen-bond donors (Lipinski definition) is 0. The summed E-state index contributed by atoms with van der Waals surface area (Å²) in [6, 6.07) is 2.74. The molecule has 0 spiro atoms. The molecule has 0 aliphatic carbocycles. The number of nitrogens with zero attached hydrogens (tertiary/aromatic N) is 2. The van der Waals surface area contributed by atoms with Crippen molar-refractivity contribution in [2.45, 2.75) is 38.6 Å². The van der Waals surface area contributed by atoms with Gasteiger partial charge in [0, 0.05) is 28.4 Å². The van der Waals surface area contributed by atoms with Gasteiger partial charge in [-0.3, -0.25) is 4.79 Å². The lowest BCUT2D eigenvalue weighted by Crippen LogP contribution is -2.37. The molecule has 2 saturated heterocycles. The van der Waals surface area contributed by atoms with Gasteiger partial charge in [-0.1, -0.05) is 0 Å². The normalized spacial score (nSPS) is 23.6. The summed E-state index contributed by atoms with van der Waals surface area (Å²) in [4.78, 5) is 16.4.